The number of rotatable bonds is 3. The maximum atomic E-state index is 13.4. The lowest BCUT2D eigenvalue weighted by Gasteiger charge is -2.18. The predicted octanol–water partition coefficient (Wildman–Crippen LogP) is 1.57. The van der Waals surface area contributed by atoms with Gasteiger partial charge in [0.1, 0.15) is 5.82 Å². The number of amides is 1. The molecule has 2 aliphatic rings. The number of carbonyl (C=O) groups is 1. The lowest BCUT2D eigenvalue weighted by molar-refractivity contribution is -0.132. The van der Waals surface area contributed by atoms with Crippen LogP contribution in [-0.4, -0.2) is 41.7 Å². The molecule has 6 heteroatoms. The minimum absolute atomic E-state index is 0.135. The molecule has 4 nitrogen and oxygen atoms in total. The molecular formula is C15H17F2NO3. The van der Waals surface area contributed by atoms with Crippen molar-refractivity contribution < 1.29 is 23.4 Å². The number of benzene rings is 1. The van der Waals surface area contributed by atoms with Crippen molar-refractivity contribution in [2.45, 2.75) is 18.9 Å². The van der Waals surface area contributed by atoms with Crippen molar-refractivity contribution in [2.24, 2.45) is 11.8 Å². The third kappa shape index (κ3) is 2.85. The van der Waals surface area contributed by atoms with Gasteiger partial charge in [-0.1, -0.05) is 0 Å². The first-order valence-corrected chi connectivity index (χ1v) is 7.08. The van der Waals surface area contributed by atoms with E-state index >= 15 is 0 Å². The number of halogens is 2. The Kier molecular flexibility index (Phi) is 3.80. The van der Waals surface area contributed by atoms with E-state index < -0.39 is 11.6 Å². The van der Waals surface area contributed by atoms with E-state index in [4.69, 9.17) is 4.74 Å². The van der Waals surface area contributed by atoms with E-state index in [1.165, 1.54) is 6.07 Å². The Hall–Kier alpha value is -1.69. The zero-order valence-corrected chi connectivity index (χ0v) is 11.5. The van der Waals surface area contributed by atoms with Gasteiger partial charge in [-0.2, -0.15) is 0 Å². The summed E-state index contributed by atoms with van der Waals surface area (Å²) in [6.45, 7) is 0.869. The first-order valence-electron chi connectivity index (χ1n) is 7.08. The van der Waals surface area contributed by atoms with Crippen LogP contribution in [0.5, 0.6) is 5.75 Å². The van der Waals surface area contributed by atoms with Gasteiger partial charge in [-0.3, -0.25) is 4.79 Å². The number of aliphatic hydroxyl groups excluding tert-OH is 1. The molecule has 1 aromatic rings. The summed E-state index contributed by atoms with van der Waals surface area (Å²) in [6.07, 6.45) is 1.40. The van der Waals surface area contributed by atoms with E-state index in [0.717, 1.165) is 25.0 Å². The quantitative estimate of drug-likeness (QED) is 0.921. The summed E-state index contributed by atoms with van der Waals surface area (Å²) in [5.74, 6) is -1.38. The Morgan fingerprint density at radius 3 is 2.86 bits per heavy atom. The minimum Gasteiger partial charge on any atom is -0.481 e. The lowest BCUT2D eigenvalue weighted by Crippen LogP contribution is -2.34. The highest BCUT2D eigenvalue weighted by atomic mass is 19.1. The smallest absolute Gasteiger partial charge is 0.260 e. The zero-order valence-electron chi connectivity index (χ0n) is 11.5. The van der Waals surface area contributed by atoms with Crippen LogP contribution in [0.3, 0.4) is 0 Å². The van der Waals surface area contributed by atoms with Crippen LogP contribution in [0.4, 0.5) is 8.78 Å². The van der Waals surface area contributed by atoms with Gasteiger partial charge in [0.25, 0.3) is 5.91 Å². The number of aliphatic hydroxyl groups is 1. The van der Waals surface area contributed by atoms with Crippen molar-refractivity contribution in [3.63, 3.8) is 0 Å². The molecule has 0 bridgehead atoms. The Morgan fingerprint density at radius 1 is 1.33 bits per heavy atom. The molecular weight excluding hydrogens is 280 g/mol. The van der Waals surface area contributed by atoms with E-state index in [0.29, 0.717) is 19.0 Å². The van der Waals surface area contributed by atoms with Crippen LogP contribution in [0, 0.1) is 23.5 Å². The first kappa shape index (κ1) is 14.3. The highest BCUT2D eigenvalue weighted by Gasteiger charge is 2.43. The lowest BCUT2D eigenvalue weighted by atomic mass is 10.00. The molecule has 1 heterocycles. The van der Waals surface area contributed by atoms with Crippen LogP contribution in [0.1, 0.15) is 12.8 Å². The fraction of sp³-hybridized carbons (Fsp3) is 0.533. The summed E-state index contributed by atoms with van der Waals surface area (Å²) in [6, 6.07) is 2.97. The molecule has 1 saturated carbocycles. The average molecular weight is 297 g/mol. The number of nitrogens with zero attached hydrogens (tertiary/aromatic N) is 1. The van der Waals surface area contributed by atoms with Crippen LogP contribution >= 0.6 is 0 Å². The van der Waals surface area contributed by atoms with Crippen LogP contribution in [0.2, 0.25) is 0 Å². The van der Waals surface area contributed by atoms with Gasteiger partial charge in [-0.25, -0.2) is 8.78 Å². The van der Waals surface area contributed by atoms with Crippen molar-refractivity contribution in [1.82, 2.24) is 4.90 Å². The van der Waals surface area contributed by atoms with Crippen LogP contribution < -0.4 is 4.74 Å². The van der Waals surface area contributed by atoms with E-state index in [1.807, 2.05) is 0 Å². The Morgan fingerprint density at radius 2 is 2.14 bits per heavy atom. The van der Waals surface area contributed by atoms with Gasteiger partial charge in [0.2, 0.25) is 0 Å². The Balaban J connectivity index is 1.55. The van der Waals surface area contributed by atoms with Gasteiger partial charge in [0, 0.05) is 25.1 Å². The van der Waals surface area contributed by atoms with Gasteiger partial charge in [0.15, 0.2) is 18.2 Å². The molecule has 0 radical (unpaired) electrons. The van der Waals surface area contributed by atoms with Crippen LogP contribution in [0.25, 0.3) is 0 Å². The molecule has 3 unspecified atom stereocenters. The fourth-order valence-corrected chi connectivity index (χ4v) is 3.26. The number of ether oxygens (including phenoxy) is 1. The normalized spacial score (nSPS) is 27.8. The summed E-state index contributed by atoms with van der Waals surface area (Å²) in [7, 11) is 0. The summed E-state index contributed by atoms with van der Waals surface area (Å²) >= 11 is 0. The molecule has 1 aliphatic heterocycles. The molecule has 1 saturated heterocycles. The SMILES string of the molecule is O=C(COc1ccc(F)cc1F)N1CC2CCC(O)C2C1. The molecule has 1 aromatic carbocycles. The molecule has 0 spiro atoms. The average Bonchev–Trinajstić information content (AvgIpc) is 3.00. The van der Waals surface area contributed by atoms with Gasteiger partial charge < -0.3 is 14.7 Å². The Labute approximate surface area is 121 Å². The van der Waals surface area contributed by atoms with Gasteiger partial charge in [-0.05, 0) is 30.9 Å². The first-order chi connectivity index (χ1) is 10.0. The second-order valence-corrected chi connectivity index (χ2v) is 5.73. The molecule has 1 N–H and O–H groups in total. The van der Waals surface area contributed by atoms with Gasteiger partial charge >= 0.3 is 0 Å². The third-order valence-electron chi connectivity index (χ3n) is 4.42. The van der Waals surface area contributed by atoms with Crippen molar-refractivity contribution in [3.05, 3.63) is 29.8 Å². The van der Waals surface area contributed by atoms with E-state index in [9.17, 15) is 18.7 Å². The summed E-state index contributed by atoms with van der Waals surface area (Å²) in [5, 5.41) is 9.81. The van der Waals surface area contributed by atoms with Crippen LogP contribution in [-0.2, 0) is 4.79 Å². The zero-order chi connectivity index (χ0) is 15.0. The number of fused-ring (bicyclic) bond motifs is 1. The van der Waals surface area contributed by atoms with Crippen LogP contribution in [0.15, 0.2) is 18.2 Å². The van der Waals surface area contributed by atoms with Gasteiger partial charge in [-0.15, -0.1) is 0 Å². The van der Waals surface area contributed by atoms with Gasteiger partial charge in [0.05, 0.1) is 6.10 Å². The molecule has 0 aromatic heterocycles. The number of carbonyl (C=O) groups excluding carboxylic acids is 1. The summed E-state index contributed by atoms with van der Waals surface area (Å²) < 4.78 is 31.3. The minimum atomic E-state index is -0.823. The largest absolute Gasteiger partial charge is 0.481 e. The molecule has 3 rings (SSSR count). The second-order valence-electron chi connectivity index (χ2n) is 5.73. The van der Waals surface area contributed by atoms with E-state index in [1.54, 1.807) is 4.90 Å². The third-order valence-corrected chi connectivity index (χ3v) is 4.42. The Bertz CT molecular complexity index is 552. The van der Waals surface area contributed by atoms with E-state index in [2.05, 4.69) is 0 Å². The summed E-state index contributed by atoms with van der Waals surface area (Å²) in [5.41, 5.74) is 0. The number of hydrogen-bond acceptors (Lipinski definition) is 3. The topological polar surface area (TPSA) is 49.8 Å². The number of hydrogen-bond donors (Lipinski definition) is 1. The maximum absolute atomic E-state index is 13.4. The standard InChI is InChI=1S/C15H17F2NO3/c16-10-2-4-14(12(17)5-10)21-8-15(20)18-6-9-1-3-13(19)11(9)7-18/h2,4-5,9,11,13,19H,1,3,6-8H2. The molecule has 2 fully saturated rings. The molecule has 1 amide bonds. The molecule has 1 aliphatic carbocycles. The number of likely N-dealkylation sites (tertiary alicyclic amines) is 1. The summed E-state index contributed by atoms with van der Waals surface area (Å²) in [4.78, 5) is 13.7. The monoisotopic (exact) mass is 297 g/mol. The highest BCUT2D eigenvalue weighted by molar-refractivity contribution is 5.78. The van der Waals surface area contributed by atoms with Crippen molar-refractivity contribution in [1.29, 1.82) is 0 Å². The molecule has 21 heavy (non-hydrogen) atoms. The maximum Gasteiger partial charge on any atom is 0.260 e. The fourth-order valence-electron chi connectivity index (χ4n) is 3.26. The molecule has 114 valence electrons. The second kappa shape index (κ2) is 5.60. The predicted molar refractivity (Wildman–Crippen MR) is 70.7 cm³/mol. The highest BCUT2D eigenvalue weighted by Crippen LogP contribution is 2.38. The van der Waals surface area contributed by atoms with Crippen molar-refractivity contribution >= 4 is 5.91 Å². The van der Waals surface area contributed by atoms with Crippen molar-refractivity contribution in [3.8, 4) is 5.75 Å². The molecule has 3 atom stereocenters. The van der Waals surface area contributed by atoms with Crippen molar-refractivity contribution in [2.75, 3.05) is 19.7 Å². The van der Waals surface area contributed by atoms with E-state index in [-0.39, 0.29) is 30.3 Å².